The lowest BCUT2D eigenvalue weighted by Gasteiger charge is -2.45. The minimum Gasteiger partial charge on any atom is -0.344 e. The minimum absolute atomic E-state index is 0.153. The quantitative estimate of drug-likeness (QED) is 0.247. The first-order valence-electron chi connectivity index (χ1n) is 13.3. The van der Waals surface area contributed by atoms with Crippen LogP contribution in [0.15, 0.2) is 54.9 Å². The molecule has 0 saturated heterocycles. The molecule has 0 bridgehead atoms. The van der Waals surface area contributed by atoms with Crippen LogP contribution in [0.4, 0.5) is 0 Å². The molecule has 1 amide bonds. The van der Waals surface area contributed by atoms with Crippen LogP contribution in [0.5, 0.6) is 0 Å². The Morgan fingerprint density at radius 2 is 1.65 bits per heavy atom. The third kappa shape index (κ3) is 6.27. The lowest BCUT2D eigenvalue weighted by Crippen LogP contribution is -2.39. The molecule has 0 aliphatic heterocycles. The van der Waals surface area contributed by atoms with Crippen molar-refractivity contribution >= 4 is 5.91 Å². The smallest absolute Gasteiger partial charge is 0.220 e. The number of carbonyl (C=O) groups excluding carboxylic acids is 1. The zero-order valence-electron chi connectivity index (χ0n) is 22.2. The van der Waals surface area contributed by atoms with Crippen molar-refractivity contribution in [3.63, 3.8) is 0 Å². The Kier molecular flexibility index (Phi) is 9.30. The van der Waals surface area contributed by atoms with Crippen LogP contribution < -0.4 is 15.2 Å². The molecule has 1 aliphatic rings. The van der Waals surface area contributed by atoms with Crippen LogP contribution in [-0.2, 0) is 11.3 Å². The van der Waals surface area contributed by atoms with Crippen molar-refractivity contribution in [1.82, 2.24) is 10.6 Å². The monoisotopic (exact) mass is 464 g/mol. The van der Waals surface area contributed by atoms with Gasteiger partial charge in [-0.2, -0.15) is 4.57 Å². The molecule has 4 heteroatoms. The normalized spacial score (nSPS) is 23.4. The van der Waals surface area contributed by atoms with Gasteiger partial charge in [0, 0.05) is 37.2 Å². The van der Waals surface area contributed by atoms with Crippen LogP contribution in [0, 0.1) is 35.0 Å². The van der Waals surface area contributed by atoms with Crippen LogP contribution in [0.2, 0.25) is 0 Å². The Labute approximate surface area is 207 Å². The number of pyridine rings is 1. The summed E-state index contributed by atoms with van der Waals surface area (Å²) in [6.45, 7) is 15.7. The van der Waals surface area contributed by atoms with Crippen molar-refractivity contribution < 1.29 is 9.36 Å². The zero-order valence-corrected chi connectivity index (χ0v) is 22.2. The van der Waals surface area contributed by atoms with E-state index in [0.717, 1.165) is 30.5 Å². The van der Waals surface area contributed by atoms with Gasteiger partial charge in [-0.25, -0.2) is 0 Å². The predicted octanol–water partition coefficient (Wildman–Crippen LogP) is 5.89. The molecule has 4 unspecified atom stereocenters. The molecule has 3 rings (SSSR count). The molecule has 1 aromatic heterocycles. The number of amides is 1. The lowest BCUT2D eigenvalue weighted by molar-refractivity contribution is -0.595. The third-order valence-corrected chi connectivity index (χ3v) is 8.64. The maximum absolute atomic E-state index is 12.5. The van der Waals surface area contributed by atoms with Crippen molar-refractivity contribution in [3.8, 4) is 5.69 Å². The highest BCUT2D eigenvalue weighted by atomic mass is 16.1. The van der Waals surface area contributed by atoms with Crippen LogP contribution in [0.25, 0.3) is 5.69 Å². The molecule has 1 aromatic carbocycles. The van der Waals surface area contributed by atoms with E-state index < -0.39 is 0 Å². The van der Waals surface area contributed by atoms with Crippen molar-refractivity contribution in [2.24, 2.45) is 35.0 Å². The summed E-state index contributed by atoms with van der Waals surface area (Å²) in [5.41, 5.74) is 2.72. The summed E-state index contributed by atoms with van der Waals surface area (Å²) >= 11 is 0. The van der Waals surface area contributed by atoms with Gasteiger partial charge in [-0.05, 0) is 59.8 Å². The summed E-state index contributed by atoms with van der Waals surface area (Å²) in [4.78, 5) is 12.5. The molecule has 4 atom stereocenters. The second-order valence-electron chi connectivity index (χ2n) is 11.2. The van der Waals surface area contributed by atoms with Crippen LogP contribution >= 0.6 is 0 Å². The molecule has 1 saturated carbocycles. The van der Waals surface area contributed by atoms with E-state index in [4.69, 9.17) is 0 Å². The molecule has 1 fully saturated rings. The molecule has 2 aromatic rings. The van der Waals surface area contributed by atoms with Gasteiger partial charge in [0.2, 0.25) is 11.6 Å². The summed E-state index contributed by atoms with van der Waals surface area (Å²) in [6, 6.07) is 14.6. The fourth-order valence-electron chi connectivity index (χ4n) is 6.43. The molecule has 186 valence electrons. The summed E-state index contributed by atoms with van der Waals surface area (Å²) in [7, 11) is 0. The number of nitrogens with one attached hydrogen (secondary N) is 2. The molecule has 0 radical (unpaired) electrons. The Balaban J connectivity index is 1.39. The number of hydrogen-bond donors (Lipinski definition) is 2. The van der Waals surface area contributed by atoms with Gasteiger partial charge in [0.25, 0.3) is 0 Å². The maximum atomic E-state index is 12.5. The van der Waals surface area contributed by atoms with Crippen molar-refractivity contribution in [3.05, 3.63) is 60.4 Å². The molecule has 4 nitrogen and oxygen atoms in total. The maximum Gasteiger partial charge on any atom is 0.220 e. The molecule has 0 spiro atoms. The predicted molar refractivity (Wildman–Crippen MR) is 140 cm³/mol. The highest BCUT2D eigenvalue weighted by molar-refractivity contribution is 5.75. The average molecular weight is 465 g/mol. The molecular weight excluding hydrogens is 418 g/mol. The van der Waals surface area contributed by atoms with E-state index in [1.54, 1.807) is 0 Å². The summed E-state index contributed by atoms with van der Waals surface area (Å²) in [5, 5.41) is 6.39. The van der Waals surface area contributed by atoms with Crippen LogP contribution in [0.1, 0.15) is 72.8 Å². The van der Waals surface area contributed by atoms with Gasteiger partial charge in [-0.15, -0.1) is 0 Å². The number of hydrogen-bond acceptors (Lipinski definition) is 2. The fraction of sp³-hybridized carbons (Fsp3) is 0.600. The highest BCUT2D eigenvalue weighted by Gasteiger charge is 2.50. The Hall–Kier alpha value is -2.20. The largest absolute Gasteiger partial charge is 0.344 e. The Bertz CT molecular complexity index is 893. The van der Waals surface area contributed by atoms with Gasteiger partial charge < -0.3 is 5.32 Å². The average Bonchev–Trinajstić information content (AvgIpc) is 3.20. The zero-order chi connectivity index (χ0) is 24.7. The molecule has 1 heterocycles. The van der Waals surface area contributed by atoms with E-state index in [1.807, 2.05) is 30.6 Å². The van der Waals surface area contributed by atoms with Gasteiger partial charge >= 0.3 is 0 Å². The molecular formula is C30H46N3O+. The standard InChI is InChI=1S/C30H45N3O/c1-22(2)27-15-16-28(30(27,6)23(3)4)24(5)10-17-29(34)32-21-31-20-25-11-13-26(14-12-25)33-18-8-7-9-19-33/h7-9,11-14,18-19,22-24,27-28,31H,10,15-17,20-21H2,1-6H3/p+1. The SMILES string of the molecule is CC(C)C1CCC(C(C)CCC(=O)NCNCc2ccc(-[n+]3ccccc3)cc2)C1(C)C(C)C. The first kappa shape index (κ1) is 26.4. The summed E-state index contributed by atoms with van der Waals surface area (Å²) in [5.74, 6) is 3.64. The molecule has 34 heavy (non-hydrogen) atoms. The van der Waals surface area contributed by atoms with Crippen molar-refractivity contribution in [1.29, 1.82) is 0 Å². The number of benzene rings is 1. The fourth-order valence-corrected chi connectivity index (χ4v) is 6.43. The van der Waals surface area contributed by atoms with E-state index in [-0.39, 0.29) is 5.91 Å². The number of nitrogens with zero attached hydrogens (tertiary/aromatic N) is 1. The topological polar surface area (TPSA) is 45.0 Å². The lowest BCUT2D eigenvalue weighted by atomic mass is 9.60. The van der Waals surface area contributed by atoms with Crippen LogP contribution in [-0.4, -0.2) is 12.6 Å². The number of rotatable bonds is 11. The van der Waals surface area contributed by atoms with Gasteiger partial charge in [-0.3, -0.25) is 10.1 Å². The van der Waals surface area contributed by atoms with Crippen LogP contribution in [0.3, 0.4) is 0 Å². The van der Waals surface area contributed by atoms with Gasteiger partial charge in [0.15, 0.2) is 12.4 Å². The Morgan fingerprint density at radius 1 is 1.00 bits per heavy atom. The summed E-state index contributed by atoms with van der Waals surface area (Å²) in [6.07, 6.45) is 8.32. The third-order valence-electron chi connectivity index (χ3n) is 8.64. The number of carbonyl (C=O) groups is 1. The van der Waals surface area contributed by atoms with E-state index in [9.17, 15) is 4.79 Å². The second-order valence-corrected chi connectivity index (χ2v) is 11.2. The van der Waals surface area contributed by atoms with Gasteiger partial charge in [0.05, 0.1) is 6.67 Å². The van der Waals surface area contributed by atoms with E-state index in [1.165, 1.54) is 18.4 Å². The molecule has 2 N–H and O–H groups in total. The van der Waals surface area contributed by atoms with E-state index >= 15 is 0 Å². The van der Waals surface area contributed by atoms with Crippen molar-refractivity contribution in [2.75, 3.05) is 6.67 Å². The highest BCUT2D eigenvalue weighted by Crippen LogP contribution is 2.57. The summed E-state index contributed by atoms with van der Waals surface area (Å²) < 4.78 is 2.09. The van der Waals surface area contributed by atoms with Crippen molar-refractivity contribution in [2.45, 2.75) is 73.8 Å². The van der Waals surface area contributed by atoms with Gasteiger partial charge in [-0.1, -0.05) is 59.7 Å². The first-order valence-corrected chi connectivity index (χ1v) is 13.3. The van der Waals surface area contributed by atoms with E-state index in [2.05, 4.69) is 81.0 Å². The van der Waals surface area contributed by atoms with E-state index in [0.29, 0.717) is 36.3 Å². The molecule has 1 aliphatic carbocycles. The Morgan fingerprint density at radius 3 is 2.26 bits per heavy atom. The second kappa shape index (κ2) is 12.0. The first-order chi connectivity index (χ1) is 16.2. The number of aromatic nitrogens is 1. The van der Waals surface area contributed by atoms with Gasteiger partial charge in [0.1, 0.15) is 0 Å². The minimum atomic E-state index is 0.153.